The van der Waals surface area contributed by atoms with Crippen LogP contribution in [0.4, 0.5) is 0 Å². The van der Waals surface area contributed by atoms with Gasteiger partial charge in [0.15, 0.2) is 9.84 Å². The minimum atomic E-state index is -3.59. The molecule has 0 aromatic carbocycles. The molecule has 1 aliphatic carbocycles. The van der Waals surface area contributed by atoms with Crippen LogP contribution in [0.3, 0.4) is 0 Å². The third kappa shape index (κ3) is 3.81. The van der Waals surface area contributed by atoms with Gasteiger partial charge in [-0.3, -0.25) is 9.88 Å². The van der Waals surface area contributed by atoms with E-state index >= 15 is 0 Å². The first-order chi connectivity index (χ1) is 12.3. The summed E-state index contributed by atoms with van der Waals surface area (Å²) in [7, 11) is -6.80. The fourth-order valence-corrected chi connectivity index (χ4v) is 9.10. The van der Waals surface area contributed by atoms with E-state index in [9.17, 15) is 16.8 Å². The van der Waals surface area contributed by atoms with Crippen LogP contribution in [0, 0.1) is 11.8 Å². The second kappa shape index (κ2) is 6.85. The average Bonchev–Trinajstić information content (AvgIpc) is 3.05. The molecule has 144 valence electrons. The summed E-state index contributed by atoms with van der Waals surface area (Å²) in [6, 6.07) is 3.96. The van der Waals surface area contributed by atoms with Crippen LogP contribution in [-0.4, -0.2) is 62.6 Å². The molecule has 3 heterocycles. The molecule has 2 saturated heterocycles. The van der Waals surface area contributed by atoms with Crippen LogP contribution in [0.2, 0.25) is 0 Å². The van der Waals surface area contributed by atoms with Gasteiger partial charge in [0.25, 0.3) is 0 Å². The number of pyridine rings is 1. The van der Waals surface area contributed by atoms with Crippen molar-refractivity contribution in [2.45, 2.75) is 37.1 Å². The molecule has 2 bridgehead atoms. The van der Waals surface area contributed by atoms with Gasteiger partial charge in [-0.05, 0) is 48.8 Å². The fraction of sp³-hybridized carbons (Fsp3) is 0.706. The number of piperidine rings is 1. The molecular formula is C17H25N3O4S2. The van der Waals surface area contributed by atoms with Gasteiger partial charge < -0.3 is 0 Å². The lowest BCUT2D eigenvalue weighted by Crippen LogP contribution is -2.53. The van der Waals surface area contributed by atoms with Gasteiger partial charge in [0.05, 0.1) is 16.8 Å². The first kappa shape index (κ1) is 18.3. The zero-order valence-electron chi connectivity index (χ0n) is 14.6. The Morgan fingerprint density at radius 3 is 2.35 bits per heavy atom. The molecule has 1 N–H and O–H groups in total. The highest BCUT2D eigenvalue weighted by molar-refractivity contribution is 7.95. The molecule has 4 rings (SSSR count). The molecule has 0 amide bonds. The van der Waals surface area contributed by atoms with Crippen molar-refractivity contribution in [2.75, 3.05) is 24.6 Å². The number of likely N-dealkylation sites (tertiary alicyclic amines) is 1. The van der Waals surface area contributed by atoms with E-state index < -0.39 is 25.1 Å². The SMILES string of the molecule is O=S1(=O)CCC(S(=O)(=O)NC2[C@@H]3CC[C@H]2CN(Cc2ccncc2)C3)C1. The molecule has 1 aromatic rings. The van der Waals surface area contributed by atoms with E-state index in [4.69, 9.17) is 0 Å². The first-order valence-electron chi connectivity index (χ1n) is 9.15. The average molecular weight is 400 g/mol. The van der Waals surface area contributed by atoms with E-state index in [1.54, 1.807) is 12.4 Å². The van der Waals surface area contributed by atoms with Crippen molar-refractivity contribution in [3.05, 3.63) is 30.1 Å². The molecule has 3 fully saturated rings. The van der Waals surface area contributed by atoms with Gasteiger partial charge in [-0.1, -0.05) is 0 Å². The highest BCUT2D eigenvalue weighted by Crippen LogP contribution is 2.38. The monoisotopic (exact) mass is 399 g/mol. The molecule has 7 nitrogen and oxygen atoms in total. The van der Waals surface area contributed by atoms with E-state index in [0.29, 0.717) is 11.8 Å². The summed E-state index contributed by atoms with van der Waals surface area (Å²) in [5, 5.41) is -0.790. The topological polar surface area (TPSA) is 96.4 Å². The molecular weight excluding hydrogens is 374 g/mol. The highest BCUT2D eigenvalue weighted by atomic mass is 32.2. The number of fused-ring (bicyclic) bond motifs is 2. The number of nitrogens with zero attached hydrogens (tertiary/aromatic N) is 2. The maximum Gasteiger partial charge on any atom is 0.215 e. The summed E-state index contributed by atoms with van der Waals surface area (Å²) in [5.41, 5.74) is 1.22. The van der Waals surface area contributed by atoms with Gasteiger partial charge in [-0.2, -0.15) is 0 Å². The zero-order chi connectivity index (χ0) is 18.4. The van der Waals surface area contributed by atoms with Crippen molar-refractivity contribution in [1.82, 2.24) is 14.6 Å². The summed E-state index contributed by atoms with van der Waals surface area (Å²) in [6.07, 6.45) is 5.84. The van der Waals surface area contributed by atoms with E-state index in [1.165, 1.54) is 5.56 Å². The zero-order valence-corrected chi connectivity index (χ0v) is 16.3. The Bertz CT molecular complexity index is 843. The Balaban J connectivity index is 1.41. The minimum absolute atomic E-state index is 0.0180. The van der Waals surface area contributed by atoms with Gasteiger partial charge in [0.2, 0.25) is 10.0 Å². The molecule has 2 aliphatic heterocycles. The maximum absolute atomic E-state index is 12.7. The van der Waals surface area contributed by atoms with Gasteiger partial charge >= 0.3 is 0 Å². The Kier molecular flexibility index (Phi) is 4.83. The lowest BCUT2D eigenvalue weighted by Gasteiger charge is -2.38. The second-order valence-electron chi connectivity index (χ2n) is 7.86. The quantitative estimate of drug-likeness (QED) is 0.770. The van der Waals surface area contributed by atoms with Crippen LogP contribution in [0.25, 0.3) is 0 Å². The highest BCUT2D eigenvalue weighted by Gasteiger charge is 2.46. The summed E-state index contributed by atoms with van der Waals surface area (Å²) in [4.78, 5) is 6.43. The molecule has 0 radical (unpaired) electrons. The van der Waals surface area contributed by atoms with E-state index in [0.717, 1.165) is 32.5 Å². The molecule has 9 heteroatoms. The van der Waals surface area contributed by atoms with Crippen LogP contribution >= 0.6 is 0 Å². The van der Waals surface area contributed by atoms with Crippen LogP contribution in [-0.2, 0) is 26.4 Å². The largest absolute Gasteiger partial charge is 0.298 e. The molecule has 4 atom stereocenters. The normalized spacial score (nSPS) is 34.2. The van der Waals surface area contributed by atoms with Gasteiger partial charge in [0.1, 0.15) is 0 Å². The van der Waals surface area contributed by atoms with Crippen molar-refractivity contribution in [3.8, 4) is 0 Å². The number of hydrogen-bond acceptors (Lipinski definition) is 6. The molecule has 0 spiro atoms. The minimum Gasteiger partial charge on any atom is -0.298 e. The second-order valence-corrected chi connectivity index (χ2v) is 12.1. The lowest BCUT2D eigenvalue weighted by atomic mass is 9.93. The van der Waals surface area contributed by atoms with Crippen molar-refractivity contribution in [2.24, 2.45) is 11.8 Å². The van der Waals surface area contributed by atoms with Crippen molar-refractivity contribution < 1.29 is 16.8 Å². The van der Waals surface area contributed by atoms with Crippen molar-refractivity contribution in [1.29, 1.82) is 0 Å². The third-order valence-electron chi connectivity index (χ3n) is 5.99. The summed E-state index contributed by atoms with van der Waals surface area (Å²) >= 11 is 0. The molecule has 26 heavy (non-hydrogen) atoms. The number of sulfone groups is 1. The number of rotatable bonds is 5. The molecule has 1 saturated carbocycles. The fourth-order valence-electron chi connectivity index (χ4n) is 4.68. The Labute approximate surface area is 155 Å². The number of sulfonamides is 1. The predicted octanol–water partition coefficient (Wildman–Crippen LogP) is 0.399. The number of aromatic nitrogens is 1. The number of nitrogens with one attached hydrogen (secondary N) is 1. The third-order valence-corrected chi connectivity index (χ3v) is 9.85. The molecule has 1 aromatic heterocycles. The summed E-state index contributed by atoms with van der Waals surface area (Å²) in [5.74, 6) is 0.334. The van der Waals surface area contributed by atoms with Crippen LogP contribution in [0.5, 0.6) is 0 Å². The van der Waals surface area contributed by atoms with Crippen LogP contribution < -0.4 is 4.72 Å². The Morgan fingerprint density at radius 1 is 1.12 bits per heavy atom. The standard InChI is InChI=1S/C17H25N3O4S2/c21-25(22)8-5-16(12-25)26(23,24)19-17-14-1-2-15(17)11-20(10-14)9-13-3-6-18-7-4-13/h3-4,6-7,14-17,19H,1-2,5,8-12H2/t14-,15+,16?,17?. The van der Waals surface area contributed by atoms with Gasteiger partial charge in [-0.25, -0.2) is 21.6 Å². The summed E-state index contributed by atoms with van der Waals surface area (Å²) < 4.78 is 51.5. The van der Waals surface area contributed by atoms with Crippen LogP contribution in [0.15, 0.2) is 24.5 Å². The smallest absolute Gasteiger partial charge is 0.215 e. The first-order valence-corrected chi connectivity index (χ1v) is 12.5. The van der Waals surface area contributed by atoms with E-state index in [2.05, 4.69) is 14.6 Å². The van der Waals surface area contributed by atoms with Gasteiger partial charge in [0, 0.05) is 38.1 Å². The predicted molar refractivity (Wildman–Crippen MR) is 98.6 cm³/mol. The lowest BCUT2D eigenvalue weighted by molar-refractivity contribution is 0.133. The summed E-state index contributed by atoms with van der Waals surface area (Å²) in [6.45, 7) is 2.60. The van der Waals surface area contributed by atoms with Crippen molar-refractivity contribution >= 4 is 19.9 Å². The van der Waals surface area contributed by atoms with Crippen molar-refractivity contribution in [3.63, 3.8) is 0 Å². The van der Waals surface area contributed by atoms with Crippen LogP contribution in [0.1, 0.15) is 24.8 Å². The Morgan fingerprint density at radius 2 is 1.77 bits per heavy atom. The van der Waals surface area contributed by atoms with E-state index in [-0.39, 0.29) is 24.0 Å². The molecule has 3 aliphatic rings. The van der Waals surface area contributed by atoms with E-state index in [1.807, 2.05) is 12.1 Å². The van der Waals surface area contributed by atoms with Gasteiger partial charge in [-0.15, -0.1) is 0 Å². The maximum atomic E-state index is 12.7. The Hall–Kier alpha value is -1.03. The molecule has 2 unspecified atom stereocenters. The number of hydrogen-bond donors (Lipinski definition) is 1.